The molecule has 0 spiro atoms. The number of aliphatic hydroxyl groups excluding tert-OH is 11. The summed E-state index contributed by atoms with van der Waals surface area (Å²) in [5.41, 5.74) is 0. The molecule has 3 rings (SSSR count). The Morgan fingerprint density at radius 3 is 1.26 bits per heavy atom. The molecular weight excluding hydrogens is 1140 g/mol. The molecule has 1 amide bonds. The maximum absolute atomic E-state index is 13.4. The van der Waals surface area contributed by atoms with Gasteiger partial charge in [0.25, 0.3) is 0 Å². The Labute approximate surface area is 531 Å². The highest BCUT2D eigenvalue weighted by atomic mass is 16.8. The van der Waals surface area contributed by atoms with E-state index in [1.54, 1.807) is 6.08 Å². The Morgan fingerprint density at radius 1 is 0.416 bits per heavy atom. The molecule has 0 aromatic rings. The lowest BCUT2D eigenvalue weighted by molar-refractivity contribution is -0.379. The number of hydrogen-bond donors (Lipinski definition) is 12. The summed E-state index contributed by atoms with van der Waals surface area (Å²) in [7, 11) is 0. The zero-order valence-corrected chi connectivity index (χ0v) is 53.4. The Morgan fingerprint density at radius 2 is 0.787 bits per heavy atom. The van der Waals surface area contributed by atoms with E-state index in [0.29, 0.717) is 12.8 Å². The Kier molecular flexibility index (Phi) is 45.3. The van der Waals surface area contributed by atoms with Crippen LogP contribution in [0.4, 0.5) is 0 Å². The molecule has 3 fully saturated rings. The highest BCUT2D eigenvalue weighted by Gasteiger charge is 2.53. The Balaban J connectivity index is 1.45. The van der Waals surface area contributed by atoms with Crippen LogP contribution in [0.1, 0.15) is 181 Å². The van der Waals surface area contributed by atoms with E-state index in [2.05, 4.69) is 129 Å². The first-order valence-electron chi connectivity index (χ1n) is 33.3. The predicted octanol–water partition coefficient (Wildman–Crippen LogP) is 8.04. The first kappa shape index (κ1) is 79.4. The molecule has 0 aliphatic carbocycles. The lowest BCUT2D eigenvalue weighted by Gasteiger charge is -2.48. The highest BCUT2D eigenvalue weighted by molar-refractivity contribution is 5.76. The van der Waals surface area contributed by atoms with Crippen LogP contribution in [0.15, 0.2) is 122 Å². The summed E-state index contributed by atoms with van der Waals surface area (Å²) < 4.78 is 34.3. The number of amides is 1. The van der Waals surface area contributed by atoms with Gasteiger partial charge in [0.05, 0.1) is 38.6 Å². The van der Waals surface area contributed by atoms with Gasteiger partial charge in [0.2, 0.25) is 5.91 Å². The van der Waals surface area contributed by atoms with Gasteiger partial charge in [0.15, 0.2) is 18.9 Å². The van der Waals surface area contributed by atoms with Gasteiger partial charge in [0, 0.05) is 6.42 Å². The van der Waals surface area contributed by atoms with E-state index < -0.39 is 124 Å². The minimum atomic E-state index is -1.99. The van der Waals surface area contributed by atoms with Crippen molar-refractivity contribution in [2.24, 2.45) is 0 Å². The van der Waals surface area contributed by atoms with Crippen molar-refractivity contribution < 1.29 is 89.4 Å². The zero-order chi connectivity index (χ0) is 64.7. The second-order valence-electron chi connectivity index (χ2n) is 23.2. The first-order valence-corrected chi connectivity index (χ1v) is 33.3. The van der Waals surface area contributed by atoms with Gasteiger partial charge in [-0.05, 0) is 103 Å². The second-order valence-corrected chi connectivity index (χ2v) is 23.2. The number of rotatable bonds is 48. The molecule has 19 nitrogen and oxygen atoms in total. The molecular formula is C70H115NO18. The molecule has 3 aliphatic rings. The first-order chi connectivity index (χ1) is 43.3. The van der Waals surface area contributed by atoms with Crippen molar-refractivity contribution in [2.45, 2.75) is 285 Å². The molecule has 508 valence electrons. The fraction of sp³-hybridized carbons (Fsp3) is 0.700. The fourth-order valence-corrected chi connectivity index (χ4v) is 10.3. The third-order valence-electron chi connectivity index (χ3n) is 15.7. The number of ether oxygens (including phenoxy) is 6. The number of carbonyl (C=O) groups excluding carboxylic acids is 1. The van der Waals surface area contributed by atoms with Crippen LogP contribution in [0.2, 0.25) is 0 Å². The maximum atomic E-state index is 13.4. The van der Waals surface area contributed by atoms with Crippen molar-refractivity contribution in [3.8, 4) is 0 Å². The predicted molar refractivity (Wildman–Crippen MR) is 346 cm³/mol. The molecule has 3 aliphatic heterocycles. The van der Waals surface area contributed by atoms with E-state index in [0.717, 1.165) is 116 Å². The molecule has 17 unspecified atom stereocenters. The van der Waals surface area contributed by atoms with Crippen LogP contribution in [0.25, 0.3) is 0 Å². The molecule has 12 N–H and O–H groups in total. The number of unbranched alkanes of at least 4 members (excludes halogenated alkanes) is 14. The van der Waals surface area contributed by atoms with Gasteiger partial charge >= 0.3 is 0 Å². The van der Waals surface area contributed by atoms with E-state index in [1.807, 2.05) is 6.08 Å². The van der Waals surface area contributed by atoms with Gasteiger partial charge < -0.3 is 89.9 Å². The van der Waals surface area contributed by atoms with E-state index in [1.165, 1.54) is 32.1 Å². The molecule has 19 heteroatoms. The van der Waals surface area contributed by atoms with Crippen LogP contribution in [-0.4, -0.2) is 193 Å². The normalized spacial score (nSPS) is 29.0. The molecule has 0 bridgehead atoms. The summed E-state index contributed by atoms with van der Waals surface area (Å²) in [6, 6.07) is -1.01. The van der Waals surface area contributed by atoms with Gasteiger partial charge in [-0.1, -0.05) is 193 Å². The van der Waals surface area contributed by atoms with E-state index in [4.69, 9.17) is 28.4 Å². The van der Waals surface area contributed by atoms with E-state index in [9.17, 15) is 61.0 Å². The van der Waals surface area contributed by atoms with Crippen LogP contribution >= 0.6 is 0 Å². The molecule has 3 heterocycles. The van der Waals surface area contributed by atoms with Crippen molar-refractivity contribution in [1.29, 1.82) is 0 Å². The van der Waals surface area contributed by atoms with Crippen molar-refractivity contribution in [3.63, 3.8) is 0 Å². The van der Waals surface area contributed by atoms with Crippen LogP contribution in [0.3, 0.4) is 0 Å². The molecule has 0 aromatic heterocycles. The third-order valence-corrected chi connectivity index (χ3v) is 15.7. The zero-order valence-electron chi connectivity index (χ0n) is 53.4. The average molecular weight is 1260 g/mol. The summed E-state index contributed by atoms with van der Waals surface area (Å²) in [6.07, 6.45) is 41.7. The highest BCUT2D eigenvalue weighted by Crippen LogP contribution is 2.33. The molecule has 0 saturated carbocycles. The number of aliphatic hydroxyl groups is 11. The monoisotopic (exact) mass is 1260 g/mol. The smallest absolute Gasteiger partial charge is 0.220 e. The van der Waals surface area contributed by atoms with Gasteiger partial charge in [-0.25, -0.2) is 0 Å². The maximum Gasteiger partial charge on any atom is 0.220 e. The van der Waals surface area contributed by atoms with E-state index in [-0.39, 0.29) is 18.9 Å². The SMILES string of the molecule is CC/C=C\C/C=C\C/C=C\C/C=C\C/C=C\C/C=C\C/C=C\CCCCCCCCCC(=O)NC(COC1OC(CO)C(OC2OC(CO)C(OC3OC(CO)C(O)C(O)C3O)C(O)C2O)C(O)C1O)C(O)/C=C/CC/C=C/CC/C=C/CCCCCCC. The fourth-order valence-electron chi connectivity index (χ4n) is 10.3. The van der Waals surface area contributed by atoms with Crippen LogP contribution in [-0.2, 0) is 33.2 Å². The van der Waals surface area contributed by atoms with Crippen molar-refractivity contribution in [3.05, 3.63) is 122 Å². The Bertz CT molecular complexity index is 2090. The average Bonchev–Trinajstić information content (AvgIpc) is 2.42. The lowest BCUT2D eigenvalue weighted by atomic mass is 9.96. The number of allylic oxidation sites excluding steroid dienone is 19. The van der Waals surface area contributed by atoms with Crippen molar-refractivity contribution in [1.82, 2.24) is 5.32 Å². The summed E-state index contributed by atoms with van der Waals surface area (Å²) in [5, 5.41) is 120. The third kappa shape index (κ3) is 33.0. The van der Waals surface area contributed by atoms with Gasteiger partial charge in [-0.3, -0.25) is 4.79 Å². The molecule has 89 heavy (non-hydrogen) atoms. The molecule has 0 aromatic carbocycles. The molecule has 3 saturated heterocycles. The quantitative estimate of drug-likeness (QED) is 0.0203. The standard InChI is InChI=1S/C70H115NO18/c1-3-5-7-9-11-13-15-17-19-20-21-22-23-24-25-26-27-28-29-30-31-32-34-36-38-40-42-44-46-48-58(76)71-53(54(75)47-45-43-41-39-37-35-33-18-16-14-12-10-8-6-4-2)52-84-68-64(82)61(79)66(56(50-73)86-68)89-70-65(83)62(80)67(57(51-74)87-70)88-69-63(81)60(78)59(77)55(49-72)85-69/h5,7,11,13,16-19,21-22,24-25,27-28,30-31,37,39,45,47,53-57,59-70,72-75,77-83H,3-4,6,8-10,12,14-15,20,23,26,29,32-36,38,40-44,46,48-52H2,1-2H3,(H,71,76)/b7-5-,13-11-,18-16+,19-17-,22-21-,25-24-,28-27-,31-30-,39-37+,47-45+. The van der Waals surface area contributed by atoms with E-state index >= 15 is 0 Å². The van der Waals surface area contributed by atoms with Crippen LogP contribution < -0.4 is 5.32 Å². The largest absolute Gasteiger partial charge is 0.394 e. The summed E-state index contributed by atoms with van der Waals surface area (Å²) >= 11 is 0. The van der Waals surface area contributed by atoms with Crippen LogP contribution in [0, 0.1) is 0 Å². The van der Waals surface area contributed by atoms with Gasteiger partial charge in [-0.2, -0.15) is 0 Å². The lowest BCUT2D eigenvalue weighted by Crippen LogP contribution is -2.66. The second kappa shape index (κ2) is 50.7. The summed E-state index contributed by atoms with van der Waals surface area (Å²) in [6.45, 7) is 1.53. The molecule has 17 atom stereocenters. The summed E-state index contributed by atoms with van der Waals surface area (Å²) in [4.78, 5) is 13.4. The summed E-state index contributed by atoms with van der Waals surface area (Å²) in [5.74, 6) is -0.308. The van der Waals surface area contributed by atoms with Crippen molar-refractivity contribution in [2.75, 3.05) is 26.4 Å². The Hall–Kier alpha value is -3.81. The molecule has 0 radical (unpaired) electrons. The number of nitrogens with one attached hydrogen (secondary N) is 1. The van der Waals surface area contributed by atoms with Crippen molar-refractivity contribution >= 4 is 5.91 Å². The van der Waals surface area contributed by atoms with Gasteiger partial charge in [-0.15, -0.1) is 0 Å². The number of hydrogen-bond acceptors (Lipinski definition) is 18. The van der Waals surface area contributed by atoms with Crippen LogP contribution in [0.5, 0.6) is 0 Å². The van der Waals surface area contributed by atoms with Gasteiger partial charge in [0.1, 0.15) is 73.2 Å². The number of carbonyl (C=O) groups is 1. The topological polar surface area (TPSA) is 307 Å². The minimum absolute atomic E-state index is 0.210. The minimum Gasteiger partial charge on any atom is -0.394 e.